The number of nitrogens with zero attached hydrogens (tertiary/aromatic N) is 3. The minimum Gasteiger partial charge on any atom is -0.385 e. The number of aliphatic hydroxyl groups excluding tert-OH is 1. The highest BCUT2D eigenvalue weighted by molar-refractivity contribution is 6.74. The lowest BCUT2D eigenvalue weighted by Gasteiger charge is -2.36. The van der Waals surface area contributed by atoms with Crippen molar-refractivity contribution < 1.29 is 43.2 Å². The summed E-state index contributed by atoms with van der Waals surface area (Å²) in [6.07, 6.45) is 1.33. The second-order valence-corrected chi connectivity index (χ2v) is 24.4. The standard InChI is InChI=1S/C31H51N3O10Si2/c1-30(2,3)45(7,8)43-40-20-23-27(42-44-46(9,10)31(4,5)6)26(38)28(41-23)34-19-17-21(32-29(34)39)22(35)14-12-11-13-18-33-24(36)15-16-25(33)37/h15-17,19,23,26-28,38H,11-14,18,20H2,1-10H3/t23-,26-,27-,28-/m1/s1. The van der Waals surface area contributed by atoms with E-state index >= 15 is 0 Å². The Hall–Kier alpha value is -2.38. The number of unbranched alkanes of at least 4 members (excludes halogenated alkanes) is 2. The summed E-state index contributed by atoms with van der Waals surface area (Å²) < 4.78 is 19.1. The van der Waals surface area contributed by atoms with E-state index in [0.717, 1.165) is 9.47 Å². The number of imide groups is 1. The maximum atomic E-state index is 13.1. The van der Waals surface area contributed by atoms with Crippen molar-refractivity contribution in [2.75, 3.05) is 13.2 Å². The first-order valence-corrected chi connectivity index (χ1v) is 21.6. The first kappa shape index (κ1) is 38.1. The zero-order valence-corrected chi connectivity index (χ0v) is 30.8. The van der Waals surface area contributed by atoms with Crippen LogP contribution in [-0.4, -0.2) is 85.3 Å². The summed E-state index contributed by atoms with van der Waals surface area (Å²) in [6, 6.07) is 1.42. The SMILES string of the molecule is CC(C)(C)[Si](C)(C)OOC[C@H]1O[C@@H](n2ccc(C(=O)CCCCCN3C(=O)C=CC3=O)nc2=O)[C@H](O)[C@@H]1OO[Si](C)(C)C(C)(C)C. The largest absolute Gasteiger partial charge is 0.385 e. The quantitative estimate of drug-likeness (QED) is 0.0697. The van der Waals surface area contributed by atoms with E-state index < -0.39 is 46.9 Å². The first-order valence-electron chi connectivity index (χ1n) is 15.8. The molecule has 1 saturated heterocycles. The predicted octanol–water partition coefficient (Wildman–Crippen LogP) is 4.45. The molecule has 0 radical (unpaired) electrons. The molecule has 3 heterocycles. The molecule has 2 aliphatic rings. The number of aliphatic hydroxyl groups is 1. The van der Waals surface area contributed by atoms with Crippen molar-refractivity contribution in [2.45, 2.75) is 128 Å². The molecule has 0 saturated carbocycles. The van der Waals surface area contributed by atoms with Crippen LogP contribution in [0, 0.1) is 0 Å². The van der Waals surface area contributed by atoms with Crippen LogP contribution in [-0.2, 0) is 33.3 Å². The summed E-state index contributed by atoms with van der Waals surface area (Å²) in [7, 11) is -4.64. The molecule has 1 N–H and O–H groups in total. The molecule has 1 aromatic heterocycles. The molecule has 0 unspecified atom stereocenters. The van der Waals surface area contributed by atoms with E-state index in [-0.39, 0.29) is 52.9 Å². The Morgan fingerprint density at radius 2 is 1.52 bits per heavy atom. The molecule has 0 aromatic carbocycles. The predicted molar refractivity (Wildman–Crippen MR) is 174 cm³/mol. The number of hydrogen-bond acceptors (Lipinski definition) is 11. The van der Waals surface area contributed by atoms with E-state index in [2.05, 4.69) is 46.5 Å². The number of carbonyl (C=O) groups is 3. The van der Waals surface area contributed by atoms with Gasteiger partial charge in [-0.05, 0) is 55.2 Å². The normalized spacial score (nSPS) is 22.7. The third-order valence-electron chi connectivity index (χ3n) is 9.36. The van der Waals surface area contributed by atoms with Crippen LogP contribution in [0.3, 0.4) is 0 Å². The lowest BCUT2D eigenvalue weighted by Crippen LogP contribution is -2.46. The van der Waals surface area contributed by atoms with Gasteiger partial charge in [-0.15, -0.1) is 0 Å². The molecule has 0 spiro atoms. The van der Waals surface area contributed by atoms with E-state index in [0.29, 0.717) is 19.3 Å². The van der Waals surface area contributed by atoms with Gasteiger partial charge in [0.2, 0.25) is 16.6 Å². The van der Waals surface area contributed by atoms with Crippen molar-refractivity contribution in [3.05, 3.63) is 40.6 Å². The molecule has 258 valence electrons. The number of carbonyl (C=O) groups excluding carboxylic acids is 3. The van der Waals surface area contributed by atoms with E-state index in [1.807, 2.05) is 26.2 Å². The van der Waals surface area contributed by atoms with Gasteiger partial charge in [0.1, 0.15) is 24.5 Å². The summed E-state index contributed by atoms with van der Waals surface area (Å²) in [5.41, 5.74) is -0.767. The molecule has 0 bridgehead atoms. The van der Waals surface area contributed by atoms with Crippen molar-refractivity contribution in [3.8, 4) is 0 Å². The Bertz CT molecular complexity index is 1330. The molecule has 2 amide bonds. The van der Waals surface area contributed by atoms with Crippen LogP contribution < -0.4 is 5.69 Å². The minimum atomic E-state index is -2.39. The van der Waals surface area contributed by atoms with E-state index in [1.54, 1.807) is 0 Å². The van der Waals surface area contributed by atoms with E-state index in [4.69, 9.17) is 23.7 Å². The zero-order chi connectivity index (χ0) is 34.7. The second kappa shape index (κ2) is 14.8. The van der Waals surface area contributed by atoms with Gasteiger partial charge in [-0.25, -0.2) is 14.6 Å². The number of Topliss-reactive ketones (excluding diaryl/α,β-unsaturated/α-hetero) is 1. The van der Waals surface area contributed by atoms with Crippen LogP contribution >= 0.6 is 0 Å². The lowest BCUT2D eigenvalue weighted by atomic mass is 10.1. The Morgan fingerprint density at radius 3 is 2.09 bits per heavy atom. The maximum Gasteiger partial charge on any atom is 0.350 e. The Kier molecular flexibility index (Phi) is 12.3. The van der Waals surface area contributed by atoms with Gasteiger partial charge in [0.05, 0.1) is 0 Å². The molecule has 15 heteroatoms. The average molecular weight is 682 g/mol. The summed E-state index contributed by atoms with van der Waals surface area (Å²) in [5.74, 6) is -0.978. The van der Waals surface area contributed by atoms with Crippen molar-refractivity contribution in [3.63, 3.8) is 0 Å². The van der Waals surface area contributed by atoms with Crippen molar-refractivity contribution in [1.82, 2.24) is 14.5 Å². The third kappa shape index (κ3) is 9.15. The van der Waals surface area contributed by atoms with Crippen molar-refractivity contribution in [1.29, 1.82) is 0 Å². The van der Waals surface area contributed by atoms with Crippen LogP contribution in [0.2, 0.25) is 36.3 Å². The Balaban J connectivity index is 1.66. The number of hydrogen-bond donors (Lipinski definition) is 1. The monoisotopic (exact) mass is 681 g/mol. The highest BCUT2D eigenvalue weighted by Crippen LogP contribution is 2.40. The molecule has 0 aliphatic carbocycles. The number of rotatable bonds is 15. The fraction of sp³-hybridized carbons (Fsp3) is 0.710. The smallest absolute Gasteiger partial charge is 0.350 e. The van der Waals surface area contributed by atoms with Crippen LogP contribution in [0.4, 0.5) is 0 Å². The van der Waals surface area contributed by atoms with Gasteiger partial charge in [-0.2, -0.15) is 4.98 Å². The highest BCUT2D eigenvalue weighted by atomic mass is 28.4. The first-order chi connectivity index (χ1) is 21.2. The summed E-state index contributed by atoms with van der Waals surface area (Å²) in [6.45, 7) is 20.7. The lowest BCUT2D eigenvalue weighted by molar-refractivity contribution is -0.297. The molecule has 3 rings (SSSR count). The number of ether oxygens (including phenoxy) is 1. The minimum absolute atomic E-state index is 0.000418. The highest BCUT2D eigenvalue weighted by Gasteiger charge is 2.50. The van der Waals surface area contributed by atoms with Crippen LogP contribution in [0.5, 0.6) is 0 Å². The molecule has 1 aromatic rings. The molecule has 2 aliphatic heterocycles. The van der Waals surface area contributed by atoms with Gasteiger partial charge < -0.3 is 9.84 Å². The Labute approximate surface area is 273 Å². The Morgan fingerprint density at radius 1 is 0.935 bits per heavy atom. The number of amides is 2. The molecular weight excluding hydrogens is 631 g/mol. The van der Waals surface area contributed by atoms with Crippen LogP contribution in [0.1, 0.15) is 83.9 Å². The van der Waals surface area contributed by atoms with Crippen molar-refractivity contribution in [2.24, 2.45) is 0 Å². The van der Waals surface area contributed by atoms with Gasteiger partial charge in [-0.1, -0.05) is 48.0 Å². The fourth-order valence-corrected chi connectivity index (χ4v) is 5.36. The van der Waals surface area contributed by atoms with E-state index in [1.165, 1.54) is 24.4 Å². The van der Waals surface area contributed by atoms with Gasteiger partial charge in [0, 0.05) is 31.3 Å². The van der Waals surface area contributed by atoms with Gasteiger partial charge in [-0.3, -0.25) is 33.0 Å². The molecule has 46 heavy (non-hydrogen) atoms. The second-order valence-electron chi connectivity index (χ2n) is 15.0. The van der Waals surface area contributed by atoms with E-state index in [9.17, 15) is 24.3 Å². The van der Waals surface area contributed by atoms with Gasteiger partial charge >= 0.3 is 5.69 Å². The topological polar surface area (TPSA) is 156 Å². The number of ketones is 1. The summed E-state index contributed by atoms with van der Waals surface area (Å²) >= 11 is 0. The summed E-state index contributed by atoms with van der Waals surface area (Å²) in [4.78, 5) is 65.8. The maximum absolute atomic E-state index is 13.1. The molecular formula is C31H51N3O10Si2. The average Bonchev–Trinajstić information content (AvgIpc) is 3.42. The van der Waals surface area contributed by atoms with Gasteiger partial charge in [0.15, 0.2) is 18.1 Å². The summed E-state index contributed by atoms with van der Waals surface area (Å²) in [5, 5.41) is 11.1. The van der Waals surface area contributed by atoms with Crippen molar-refractivity contribution >= 4 is 34.2 Å². The number of aromatic nitrogens is 2. The molecule has 1 fully saturated rings. The van der Waals surface area contributed by atoms with Crippen LogP contribution in [0.15, 0.2) is 29.2 Å². The molecule has 4 atom stereocenters. The third-order valence-corrected chi connectivity index (χ3v) is 17.6. The van der Waals surface area contributed by atoms with Crippen LogP contribution in [0.25, 0.3) is 0 Å². The molecule has 13 nitrogen and oxygen atoms in total. The zero-order valence-electron chi connectivity index (χ0n) is 28.8. The fourth-order valence-electron chi connectivity index (χ4n) is 4.15. The van der Waals surface area contributed by atoms with Gasteiger partial charge in [0.25, 0.3) is 11.8 Å².